The van der Waals surface area contributed by atoms with E-state index in [1.165, 1.54) is 7.11 Å². The molecule has 1 N–H and O–H groups in total. The van der Waals surface area contributed by atoms with Gasteiger partial charge in [0.25, 0.3) is 0 Å². The van der Waals surface area contributed by atoms with E-state index < -0.39 is 12.0 Å². The highest BCUT2D eigenvalue weighted by Crippen LogP contribution is 2.20. The van der Waals surface area contributed by atoms with Crippen molar-refractivity contribution in [2.75, 3.05) is 14.2 Å². The molecular weight excluding hydrogens is 386 g/mol. The molecule has 1 heterocycles. The second kappa shape index (κ2) is 10.2. The fraction of sp³-hybridized carbons (Fsp3) is 0.273. The Morgan fingerprint density at radius 2 is 1.80 bits per heavy atom. The average Bonchev–Trinajstić information content (AvgIpc) is 3.26. The molecule has 0 radical (unpaired) electrons. The SMILES string of the molecule is COC(=O)[C@H](Cc1ccccc1)NC(=O)CCc1nc(-c2ccc(OC)cc2)no1. The molecule has 0 saturated heterocycles. The lowest BCUT2D eigenvalue weighted by Gasteiger charge is -2.16. The van der Waals surface area contributed by atoms with Crippen molar-refractivity contribution < 1.29 is 23.6 Å². The lowest BCUT2D eigenvalue weighted by Crippen LogP contribution is -2.43. The van der Waals surface area contributed by atoms with E-state index in [4.69, 9.17) is 14.0 Å². The van der Waals surface area contributed by atoms with Gasteiger partial charge in [-0.05, 0) is 29.8 Å². The molecule has 30 heavy (non-hydrogen) atoms. The van der Waals surface area contributed by atoms with E-state index in [-0.39, 0.29) is 18.7 Å². The fourth-order valence-corrected chi connectivity index (χ4v) is 2.89. The van der Waals surface area contributed by atoms with Gasteiger partial charge < -0.3 is 19.3 Å². The van der Waals surface area contributed by atoms with Crippen molar-refractivity contribution >= 4 is 11.9 Å². The average molecular weight is 409 g/mol. The van der Waals surface area contributed by atoms with Gasteiger partial charge in [0.15, 0.2) is 0 Å². The molecule has 2 aromatic carbocycles. The van der Waals surface area contributed by atoms with Crippen LogP contribution in [-0.4, -0.2) is 42.3 Å². The fourth-order valence-electron chi connectivity index (χ4n) is 2.89. The molecule has 0 aliphatic heterocycles. The number of aryl methyl sites for hydroxylation is 1. The van der Waals surface area contributed by atoms with Crippen LogP contribution < -0.4 is 10.1 Å². The van der Waals surface area contributed by atoms with Crippen LogP contribution in [0.3, 0.4) is 0 Å². The van der Waals surface area contributed by atoms with Crippen molar-refractivity contribution in [3.8, 4) is 17.1 Å². The van der Waals surface area contributed by atoms with E-state index in [9.17, 15) is 9.59 Å². The molecule has 0 bridgehead atoms. The Hall–Kier alpha value is -3.68. The van der Waals surface area contributed by atoms with Gasteiger partial charge in [-0.2, -0.15) is 4.98 Å². The number of hydrogen-bond donors (Lipinski definition) is 1. The number of benzene rings is 2. The summed E-state index contributed by atoms with van der Waals surface area (Å²) in [6, 6.07) is 15.9. The first-order valence-electron chi connectivity index (χ1n) is 9.47. The molecule has 0 saturated carbocycles. The number of nitrogens with zero attached hydrogens (tertiary/aromatic N) is 2. The van der Waals surface area contributed by atoms with Crippen LogP contribution in [0.5, 0.6) is 5.75 Å². The quantitative estimate of drug-likeness (QED) is 0.542. The van der Waals surface area contributed by atoms with Crippen LogP contribution in [-0.2, 0) is 27.2 Å². The van der Waals surface area contributed by atoms with E-state index in [2.05, 4.69) is 15.5 Å². The van der Waals surface area contributed by atoms with Gasteiger partial charge >= 0.3 is 5.97 Å². The van der Waals surface area contributed by atoms with Gasteiger partial charge in [-0.3, -0.25) is 4.79 Å². The third-order valence-electron chi connectivity index (χ3n) is 4.49. The minimum atomic E-state index is -0.762. The predicted octanol–water partition coefficient (Wildman–Crippen LogP) is 2.58. The molecular formula is C22H23N3O5. The van der Waals surface area contributed by atoms with Crippen LogP contribution in [0.1, 0.15) is 17.9 Å². The highest BCUT2D eigenvalue weighted by molar-refractivity contribution is 5.84. The summed E-state index contributed by atoms with van der Waals surface area (Å²) in [5.41, 5.74) is 1.71. The van der Waals surface area contributed by atoms with Crippen LogP contribution in [0.4, 0.5) is 0 Å². The van der Waals surface area contributed by atoms with Crippen molar-refractivity contribution in [2.45, 2.75) is 25.3 Å². The summed E-state index contributed by atoms with van der Waals surface area (Å²) >= 11 is 0. The van der Waals surface area contributed by atoms with Gasteiger partial charge in [0, 0.05) is 24.8 Å². The summed E-state index contributed by atoms with van der Waals surface area (Å²) in [4.78, 5) is 28.7. The first-order valence-corrected chi connectivity index (χ1v) is 9.47. The highest BCUT2D eigenvalue weighted by atomic mass is 16.5. The summed E-state index contributed by atoms with van der Waals surface area (Å²) in [6.07, 6.45) is 0.710. The van der Waals surface area contributed by atoms with E-state index in [1.807, 2.05) is 42.5 Å². The molecule has 3 aromatic rings. The van der Waals surface area contributed by atoms with Crippen LogP contribution in [0.2, 0.25) is 0 Å². The molecule has 8 nitrogen and oxygen atoms in total. The number of carbonyl (C=O) groups is 2. The van der Waals surface area contributed by atoms with E-state index in [0.29, 0.717) is 18.1 Å². The number of rotatable bonds is 9. The lowest BCUT2D eigenvalue weighted by molar-refractivity contribution is -0.145. The van der Waals surface area contributed by atoms with Crippen LogP contribution in [0.15, 0.2) is 59.1 Å². The van der Waals surface area contributed by atoms with Crippen molar-refractivity contribution in [1.82, 2.24) is 15.5 Å². The molecule has 0 fully saturated rings. The number of methoxy groups -OCH3 is 2. The monoisotopic (exact) mass is 409 g/mol. The molecule has 1 aromatic heterocycles. The van der Waals surface area contributed by atoms with Gasteiger partial charge in [-0.15, -0.1) is 0 Å². The normalized spacial score (nSPS) is 11.5. The molecule has 3 rings (SSSR count). The molecule has 0 aliphatic rings. The molecule has 156 valence electrons. The summed E-state index contributed by atoms with van der Waals surface area (Å²) in [5.74, 6) is 0.713. The van der Waals surface area contributed by atoms with Crippen LogP contribution >= 0.6 is 0 Å². The molecule has 1 amide bonds. The van der Waals surface area contributed by atoms with Gasteiger partial charge in [-0.1, -0.05) is 35.5 Å². The summed E-state index contributed by atoms with van der Waals surface area (Å²) in [7, 11) is 2.89. The number of amides is 1. The van der Waals surface area contributed by atoms with Crippen LogP contribution in [0.25, 0.3) is 11.4 Å². The zero-order chi connectivity index (χ0) is 21.3. The van der Waals surface area contributed by atoms with Crippen molar-refractivity contribution in [3.63, 3.8) is 0 Å². The van der Waals surface area contributed by atoms with Crippen LogP contribution in [0, 0.1) is 0 Å². The largest absolute Gasteiger partial charge is 0.497 e. The Morgan fingerprint density at radius 1 is 1.07 bits per heavy atom. The van der Waals surface area contributed by atoms with Gasteiger partial charge in [0.2, 0.25) is 17.6 Å². The maximum absolute atomic E-state index is 12.4. The maximum atomic E-state index is 12.4. The Morgan fingerprint density at radius 3 is 2.47 bits per heavy atom. The predicted molar refractivity (Wildman–Crippen MR) is 109 cm³/mol. The zero-order valence-electron chi connectivity index (χ0n) is 16.8. The number of carbonyl (C=O) groups excluding carboxylic acids is 2. The lowest BCUT2D eigenvalue weighted by atomic mass is 10.1. The Balaban J connectivity index is 1.56. The summed E-state index contributed by atoms with van der Waals surface area (Å²) < 4.78 is 15.2. The zero-order valence-corrected chi connectivity index (χ0v) is 16.8. The molecule has 0 unspecified atom stereocenters. The minimum absolute atomic E-state index is 0.104. The molecule has 0 spiro atoms. The molecule has 0 aliphatic carbocycles. The van der Waals surface area contributed by atoms with E-state index >= 15 is 0 Å². The number of hydrogen-bond acceptors (Lipinski definition) is 7. The van der Waals surface area contributed by atoms with E-state index in [1.54, 1.807) is 19.2 Å². The smallest absolute Gasteiger partial charge is 0.328 e. The molecule has 1 atom stereocenters. The van der Waals surface area contributed by atoms with Crippen molar-refractivity contribution in [2.24, 2.45) is 0 Å². The van der Waals surface area contributed by atoms with Gasteiger partial charge in [-0.25, -0.2) is 4.79 Å². The number of aromatic nitrogens is 2. The first kappa shape index (κ1) is 21.0. The van der Waals surface area contributed by atoms with Crippen molar-refractivity contribution in [1.29, 1.82) is 0 Å². The number of nitrogens with one attached hydrogen (secondary N) is 1. The van der Waals surface area contributed by atoms with Crippen molar-refractivity contribution in [3.05, 3.63) is 66.1 Å². The second-order valence-electron chi connectivity index (χ2n) is 6.57. The highest BCUT2D eigenvalue weighted by Gasteiger charge is 2.22. The standard InChI is InChI=1S/C22H23N3O5/c1-28-17-10-8-16(9-11-17)21-24-20(30-25-21)13-12-19(26)23-18(22(27)29-2)14-15-6-4-3-5-7-15/h3-11,18H,12-14H2,1-2H3,(H,23,26)/t18-/m0/s1. The first-order chi connectivity index (χ1) is 14.6. The number of ether oxygens (including phenoxy) is 2. The van der Waals surface area contributed by atoms with E-state index in [0.717, 1.165) is 16.9 Å². The maximum Gasteiger partial charge on any atom is 0.328 e. The third-order valence-corrected chi connectivity index (χ3v) is 4.49. The number of esters is 1. The second-order valence-corrected chi connectivity index (χ2v) is 6.57. The summed E-state index contributed by atoms with van der Waals surface area (Å²) in [6.45, 7) is 0. The summed E-state index contributed by atoms with van der Waals surface area (Å²) in [5, 5.41) is 6.67. The Labute approximate surface area is 174 Å². The molecule has 8 heteroatoms. The third kappa shape index (κ3) is 5.66. The van der Waals surface area contributed by atoms with Gasteiger partial charge in [0.1, 0.15) is 11.8 Å². The Kier molecular flexibility index (Phi) is 7.15. The van der Waals surface area contributed by atoms with Gasteiger partial charge in [0.05, 0.1) is 14.2 Å². The topological polar surface area (TPSA) is 104 Å². The Bertz CT molecular complexity index is 970. The minimum Gasteiger partial charge on any atom is -0.497 e.